The third kappa shape index (κ3) is 2.52. The first-order chi connectivity index (χ1) is 7.05. The van der Waals surface area contributed by atoms with Crippen molar-refractivity contribution in [1.82, 2.24) is 9.78 Å². The van der Waals surface area contributed by atoms with Gasteiger partial charge >= 0.3 is 0 Å². The van der Waals surface area contributed by atoms with Crippen LogP contribution in [0, 0.1) is 0 Å². The Morgan fingerprint density at radius 2 is 1.93 bits per heavy atom. The molecule has 0 atom stereocenters. The molecule has 0 saturated carbocycles. The highest BCUT2D eigenvalue weighted by Crippen LogP contribution is 2.35. The average Bonchev–Trinajstić information content (AvgIpc) is 2.47. The van der Waals surface area contributed by atoms with Crippen LogP contribution in [-0.2, 0) is 12.6 Å². The molecule has 0 fully saturated rings. The van der Waals surface area contributed by atoms with Gasteiger partial charge in [-0.1, -0.05) is 38.3 Å². The summed E-state index contributed by atoms with van der Waals surface area (Å²) in [6.07, 6.45) is 4.89. The zero-order chi connectivity index (χ0) is 11.5. The molecule has 4 heteroatoms. The maximum Gasteiger partial charge on any atom is 0.108 e. The molecule has 0 amide bonds. The molecule has 86 valence electrons. The predicted molar refractivity (Wildman–Crippen MR) is 61.9 cm³/mol. The van der Waals surface area contributed by atoms with Gasteiger partial charge in [-0.2, -0.15) is 5.10 Å². The fourth-order valence-corrected chi connectivity index (χ4v) is 2.47. The van der Waals surface area contributed by atoms with E-state index in [1.165, 1.54) is 0 Å². The normalized spacial score (nSPS) is 12.1. The number of aliphatic hydroxyl groups is 1. The molecule has 1 aromatic heterocycles. The van der Waals surface area contributed by atoms with Crippen LogP contribution < -0.4 is 0 Å². The molecule has 0 bridgehead atoms. The van der Waals surface area contributed by atoms with Gasteiger partial charge < -0.3 is 5.11 Å². The number of hydrogen-bond acceptors (Lipinski definition) is 2. The third-order valence-electron chi connectivity index (χ3n) is 2.66. The Morgan fingerprint density at radius 1 is 1.40 bits per heavy atom. The van der Waals surface area contributed by atoms with E-state index in [1.54, 1.807) is 10.9 Å². The van der Waals surface area contributed by atoms with E-state index >= 15 is 0 Å². The van der Waals surface area contributed by atoms with Crippen LogP contribution in [0.25, 0.3) is 0 Å². The largest absolute Gasteiger partial charge is 0.384 e. The number of rotatable bonds is 5. The second-order valence-electron chi connectivity index (χ2n) is 4.00. The number of hydrogen-bond donors (Lipinski definition) is 1. The molecule has 0 aliphatic rings. The molecule has 0 aromatic carbocycles. The fraction of sp³-hybridized carbons (Fsp3) is 0.727. The summed E-state index contributed by atoms with van der Waals surface area (Å²) < 4.78 is 1.67. The van der Waals surface area contributed by atoms with Crippen LogP contribution in [0.2, 0.25) is 5.02 Å². The van der Waals surface area contributed by atoms with Crippen LogP contribution in [0.15, 0.2) is 6.20 Å². The minimum absolute atomic E-state index is 0.557. The van der Waals surface area contributed by atoms with Gasteiger partial charge in [0.1, 0.15) is 5.60 Å². The summed E-state index contributed by atoms with van der Waals surface area (Å²) in [5.41, 5.74) is -0.0842. The van der Waals surface area contributed by atoms with Gasteiger partial charge in [0.05, 0.1) is 16.9 Å². The van der Waals surface area contributed by atoms with Crippen LogP contribution in [-0.4, -0.2) is 14.9 Å². The number of aryl methyl sites for hydroxylation is 1. The lowest BCUT2D eigenvalue weighted by atomic mass is 9.89. The lowest BCUT2D eigenvalue weighted by Gasteiger charge is -2.28. The van der Waals surface area contributed by atoms with E-state index in [4.69, 9.17) is 11.6 Å². The summed E-state index contributed by atoms with van der Waals surface area (Å²) in [5, 5.41) is 15.2. The van der Waals surface area contributed by atoms with Crippen molar-refractivity contribution in [2.75, 3.05) is 0 Å². The van der Waals surface area contributed by atoms with Crippen molar-refractivity contribution in [2.45, 2.75) is 45.1 Å². The van der Waals surface area contributed by atoms with Crippen molar-refractivity contribution in [2.24, 2.45) is 7.05 Å². The molecule has 0 spiro atoms. The van der Waals surface area contributed by atoms with E-state index < -0.39 is 5.60 Å². The monoisotopic (exact) mass is 230 g/mol. The predicted octanol–water partition coefficient (Wildman–Crippen LogP) is 2.86. The molecule has 0 aliphatic carbocycles. The molecule has 15 heavy (non-hydrogen) atoms. The van der Waals surface area contributed by atoms with Gasteiger partial charge in [0.25, 0.3) is 0 Å². The topological polar surface area (TPSA) is 38.1 Å². The average molecular weight is 231 g/mol. The first-order valence-electron chi connectivity index (χ1n) is 5.45. The Balaban J connectivity index is 3.08. The molecular weight excluding hydrogens is 212 g/mol. The molecule has 0 unspecified atom stereocenters. The summed E-state index contributed by atoms with van der Waals surface area (Å²) in [6.45, 7) is 4.12. The zero-order valence-electron chi connectivity index (χ0n) is 9.63. The molecule has 3 nitrogen and oxygen atoms in total. The molecule has 1 N–H and O–H groups in total. The highest BCUT2D eigenvalue weighted by atomic mass is 35.5. The lowest BCUT2D eigenvalue weighted by molar-refractivity contribution is 0.00927. The Morgan fingerprint density at radius 3 is 2.27 bits per heavy atom. The highest BCUT2D eigenvalue weighted by Gasteiger charge is 2.32. The highest BCUT2D eigenvalue weighted by molar-refractivity contribution is 6.31. The van der Waals surface area contributed by atoms with Crippen LogP contribution in [0.4, 0.5) is 0 Å². The lowest BCUT2D eigenvalue weighted by Crippen LogP contribution is -2.28. The minimum Gasteiger partial charge on any atom is -0.384 e. The second-order valence-corrected chi connectivity index (χ2v) is 4.40. The Kier molecular flexibility index (Phi) is 4.17. The van der Waals surface area contributed by atoms with Crippen molar-refractivity contribution in [3.63, 3.8) is 0 Å². The van der Waals surface area contributed by atoms with Gasteiger partial charge in [0.15, 0.2) is 0 Å². The van der Waals surface area contributed by atoms with Gasteiger partial charge in [-0.05, 0) is 12.8 Å². The van der Waals surface area contributed by atoms with E-state index in [0.29, 0.717) is 5.02 Å². The van der Waals surface area contributed by atoms with Crippen LogP contribution >= 0.6 is 11.6 Å². The van der Waals surface area contributed by atoms with Crippen molar-refractivity contribution in [1.29, 1.82) is 0 Å². The van der Waals surface area contributed by atoms with E-state index in [0.717, 1.165) is 31.4 Å². The second kappa shape index (κ2) is 4.99. The van der Waals surface area contributed by atoms with Crippen LogP contribution in [0.3, 0.4) is 0 Å². The number of nitrogens with zero attached hydrogens (tertiary/aromatic N) is 2. The van der Waals surface area contributed by atoms with Crippen LogP contribution in [0.5, 0.6) is 0 Å². The van der Waals surface area contributed by atoms with Crippen LogP contribution in [0.1, 0.15) is 45.2 Å². The summed E-state index contributed by atoms with van der Waals surface area (Å²) >= 11 is 6.06. The summed E-state index contributed by atoms with van der Waals surface area (Å²) in [7, 11) is 1.82. The van der Waals surface area contributed by atoms with E-state index in [2.05, 4.69) is 18.9 Å². The van der Waals surface area contributed by atoms with Crippen molar-refractivity contribution in [3.05, 3.63) is 16.9 Å². The van der Waals surface area contributed by atoms with E-state index in [-0.39, 0.29) is 0 Å². The van der Waals surface area contributed by atoms with Crippen molar-refractivity contribution < 1.29 is 5.11 Å². The van der Waals surface area contributed by atoms with Gasteiger partial charge in [0.2, 0.25) is 0 Å². The Bertz CT molecular complexity index is 297. The van der Waals surface area contributed by atoms with Gasteiger partial charge in [-0.25, -0.2) is 0 Å². The Hall–Kier alpha value is -0.540. The maximum atomic E-state index is 10.6. The quantitative estimate of drug-likeness (QED) is 0.845. The molecule has 0 saturated heterocycles. The molecular formula is C11H19ClN2O. The first kappa shape index (κ1) is 12.5. The first-order valence-corrected chi connectivity index (χ1v) is 5.83. The number of aromatic nitrogens is 2. The maximum absolute atomic E-state index is 10.6. The molecule has 1 heterocycles. The zero-order valence-corrected chi connectivity index (χ0v) is 10.4. The van der Waals surface area contributed by atoms with Crippen molar-refractivity contribution >= 4 is 11.6 Å². The Labute approximate surface area is 96.1 Å². The summed E-state index contributed by atoms with van der Waals surface area (Å²) in [4.78, 5) is 0. The smallest absolute Gasteiger partial charge is 0.108 e. The summed E-state index contributed by atoms with van der Waals surface area (Å²) in [6, 6.07) is 0. The van der Waals surface area contributed by atoms with Gasteiger partial charge in [-0.3, -0.25) is 4.68 Å². The van der Waals surface area contributed by atoms with E-state index in [9.17, 15) is 5.11 Å². The molecule has 1 aromatic rings. The SMILES string of the molecule is CCCC(O)(CCC)c1c(Cl)cnn1C. The molecule has 0 radical (unpaired) electrons. The van der Waals surface area contributed by atoms with E-state index in [1.807, 2.05) is 7.05 Å². The van der Waals surface area contributed by atoms with Gasteiger partial charge in [-0.15, -0.1) is 0 Å². The number of halogens is 1. The third-order valence-corrected chi connectivity index (χ3v) is 2.94. The molecule has 0 aliphatic heterocycles. The fourth-order valence-electron chi connectivity index (χ4n) is 2.12. The minimum atomic E-state index is -0.828. The standard InChI is InChI=1S/C11H19ClN2O/c1-4-6-11(15,7-5-2)10-9(12)8-13-14(10)3/h8,15H,4-7H2,1-3H3. The molecule has 1 rings (SSSR count). The summed E-state index contributed by atoms with van der Waals surface area (Å²) in [5.74, 6) is 0. The van der Waals surface area contributed by atoms with Crippen molar-refractivity contribution in [3.8, 4) is 0 Å². The van der Waals surface area contributed by atoms with Gasteiger partial charge in [0, 0.05) is 7.05 Å².